The Kier molecular flexibility index (Phi) is 8.06. The third-order valence-electron chi connectivity index (χ3n) is 1.19. The van der Waals surface area contributed by atoms with Crippen molar-refractivity contribution >= 4 is 11.6 Å². The van der Waals surface area contributed by atoms with E-state index in [0.717, 1.165) is 0 Å². The van der Waals surface area contributed by atoms with Gasteiger partial charge in [-0.1, -0.05) is 43.5 Å². The number of halogens is 1. The minimum atomic E-state index is 0.612. The Hall–Kier alpha value is -1.21. The molecule has 13 heavy (non-hydrogen) atoms. The lowest BCUT2D eigenvalue weighted by atomic mass is 10.2. The SMILES string of the molecule is C=COC=C.ClCc1ccccc1. The standard InChI is InChI=1S/C7H7Cl.C4H6O/c8-6-7-4-2-1-3-5-7;1-3-5-4-2/h1-5H,6H2;3-4H,1-2H2. The molecule has 0 heterocycles. The maximum absolute atomic E-state index is 5.53. The summed E-state index contributed by atoms with van der Waals surface area (Å²) in [4.78, 5) is 0. The van der Waals surface area contributed by atoms with Crippen LogP contribution in [-0.4, -0.2) is 0 Å². The molecule has 0 saturated heterocycles. The smallest absolute Gasteiger partial charge is 0.0829 e. The third-order valence-corrected chi connectivity index (χ3v) is 1.50. The molecule has 1 aromatic carbocycles. The molecule has 0 bridgehead atoms. The molecule has 0 N–H and O–H groups in total. The van der Waals surface area contributed by atoms with Crippen LogP contribution in [0.25, 0.3) is 0 Å². The summed E-state index contributed by atoms with van der Waals surface area (Å²) in [6.45, 7) is 6.51. The van der Waals surface area contributed by atoms with Gasteiger partial charge in [-0.25, -0.2) is 0 Å². The topological polar surface area (TPSA) is 9.23 Å². The largest absolute Gasteiger partial charge is 0.474 e. The lowest BCUT2D eigenvalue weighted by molar-refractivity contribution is 0.406. The van der Waals surface area contributed by atoms with E-state index in [0.29, 0.717) is 5.88 Å². The molecule has 0 unspecified atom stereocenters. The molecule has 0 atom stereocenters. The quantitative estimate of drug-likeness (QED) is 0.529. The van der Waals surface area contributed by atoms with E-state index in [1.807, 2.05) is 30.3 Å². The minimum Gasteiger partial charge on any atom is -0.474 e. The summed E-state index contributed by atoms with van der Waals surface area (Å²) in [7, 11) is 0. The maximum Gasteiger partial charge on any atom is 0.0829 e. The summed E-state index contributed by atoms with van der Waals surface area (Å²) in [5, 5.41) is 0. The first-order valence-electron chi connectivity index (χ1n) is 3.82. The molecule has 1 aromatic rings. The number of ether oxygens (including phenoxy) is 1. The van der Waals surface area contributed by atoms with Gasteiger partial charge < -0.3 is 4.74 Å². The average molecular weight is 197 g/mol. The lowest BCUT2D eigenvalue weighted by Crippen LogP contribution is -1.71. The van der Waals surface area contributed by atoms with E-state index in [4.69, 9.17) is 11.6 Å². The maximum atomic E-state index is 5.53. The zero-order valence-corrected chi connectivity index (χ0v) is 8.20. The molecule has 70 valence electrons. The number of alkyl halides is 1. The molecule has 0 amide bonds. The fourth-order valence-corrected chi connectivity index (χ4v) is 0.813. The molecule has 0 saturated carbocycles. The number of benzene rings is 1. The highest BCUT2D eigenvalue weighted by atomic mass is 35.5. The molecular formula is C11H13ClO. The second kappa shape index (κ2) is 8.88. The van der Waals surface area contributed by atoms with Crippen LogP contribution in [0.5, 0.6) is 0 Å². The van der Waals surface area contributed by atoms with E-state index in [9.17, 15) is 0 Å². The highest BCUT2D eigenvalue weighted by Crippen LogP contribution is 2.00. The summed E-state index contributed by atoms with van der Waals surface area (Å²) >= 11 is 5.53. The van der Waals surface area contributed by atoms with Gasteiger partial charge in [0.25, 0.3) is 0 Å². The van der Waals surface area contributed by atoms with Crippen molar-refractivity contribution < 1.29 is 4.74 Å². The van der Waals surface area contributed by atoms with Crippen LogP contribution in [0.1, 0.15) is 5.56 Å². The van der Waals surface area contributed by atoms with Crippen molar-refractivity contribution in [3.8, 4) is 0 Å². The van der Waals surface area contributed by atoms with Crippen molar-refractivity contribution in [3.05, 3.63) is 61.6 Å². The van der Waals surface area contributed by atoms with Crippen molar-refractivity contribution in [1.82, 2.24) is 0 Å². The summed E-state index contributed by atoms with van der Waals surface area (Å²) < 4.78 is 4.36. The van der Waals surface area contributed by atoms with Gasteiger partial charge in [-0.15, -0.1) is 11.6 Å². The van der Waals surface area contributed by atoms with Crippen molar-refractivity contribution in [3.63, 3.8) is 0 Å². The monoisotopic (exact) mass is 196 g/mol. The Morgan fingerprint density at radius 2 is 1.69 bits per heavy atom. The fraction of sp³-hybridized carbons (Fsp3) is 0.0909. The van der Waals surface area contributed by atoms with Crippen LogP contribution in [0.4, 0.5) is 0 Å². The van der Waals surface area contributed by atoms with Crippen LogP contribution < -0.4 is 0 Å². The van der Waals surface area contributed by atoms with Gasteiger partial charge in [-0.3, -0.25) is 0 Å². The van der Waals surface area contributed by atoms with E-state index < -0.39 is 0 Å². The van der Waals surface area contributed by atoms with Crippen LogP contribution in [0.2, 0.25) is 0 Å². The van der Waals surface area contributed by atoms with Gasteiger partial charge in [-0.05, 0) is 5.56 Å². The van der Waals surface area contributed by atoms with Gasteiger partial charge in [0.15, 0.2) is 0 Å². The Labute approximate surface area is 84.3 Å². The second-order valence-corrected chi connectivity index (χ2v) is 2.36. The van der Waals surface area contributed by atoms with Crippen molar-refractivity contribution in [2.24, 2.45) is 0 Å². The molecule has 0 aromatic heterocycles. The molecule has 0 aliphatic heterocycles. The van der Waals surface area contributed by atoms with Crippen molar-refractivity contribution in [2.45, 2.75) is 5.88 Å². The molecule has 0 aliphatic carbocycles. The van der Waals surface area contributed by atoms with Gasteiger partial charge in [0.1, 0.15) is 0 Å². The van der Waals surface area contributed by atoms with Gasteiger partial charge in [0, 0.05) is 5.88 Å². The lowest BCUT2D eigenvalue weighted by Gasteiger charge is -1.88. The van der Waals surface area contributed by atoms with Crippen molar-refractivity contribution in [2.75, 3.05) is 0 Å². The van der Waals surface area contributed by atoms with E-state index in [1.54, 1.807) is 0 Å². The Balaban J connectivity index is 0.000000252. The van der Waals surface area contributed by atoms with Crippen LogP contribution in [0.15, 0.2) is 56.0 Å². The van der Waals surface area contributed by atoms with Crippen molar-refractivity contribution in [1.29, 1.82) is 0 Å². The van der Waals surface area contributed by atoms with Crippen LogP contribution >= 0.6 is 11.6 Å². The van der Waals surface area contributed by atoms with E-state index in [2.05, 4.69) is 17.9 Å². The van der Waals surface area contributed by atoms with Gasteiger partial charge >= 0.3 is 0 Å². The zero-order chi connectivity index (χ0) is 9.94. The molecule has 0 fully saturated rings. The van der Waals surface area contributed by atoms with Gasteiger partial charge in [0.2, 0.25) is 0 Å². The number of hydrogen-bond donors (Lipinski definition) is 0. The minimum absolute atomic E-state index is 0.612. The average Bonchev–Trinajstić information content (AvgIpc) is 2.21. The van der Waals surface area contributed by atoms with Crippen LogP contribution in [-0.2, 0) is 10.6 Å². The van der Waals surface area contributed by atoms with Gasteiger partial charge in [-0.2, -0.15) is 0 Å². The first-order valence-corrected chi connectivity index (χ1v) is 4.35. The molecule has 0 radical (unpaired) electrons. The number of hydrogen-bond acceptors (Lipinski definition) is 1. The molecule has 0 aliphatic rings. The Morgan fingerprint density at radius 1 is 1.15 bits per heavy atom. The first kappa shape index (κ1) is 11.8. The molecule has 1 nitrogen and oxygen atoms in total. The predicted molar refractivity (Wildman–Crippen MR) is 57.5 cm³/mol. The first-order chi connectivity index (χ1) is 6.35. The molecule has 0 spiro atoms. The van der Waals surface area contributed by atoms with Crippen LogP contribution in [0.3, 0.4) is 0 Å². The van der Waals surface area contributed by atoms with Crippen LogP contribution in [0, 0.1) is 0 Å². The molecular weight excluding hydrogens is 184 g/mol. The van der Waals surface area contributed by atoms with E-state index in [1.165, 1.54) is 18.1 Å². The summed E-state index contributed by atoms with van der Waals surface area (Å²) in [6, 6.07) is 9.96. The third kappa shape index (κ3) is 7.16. The highest BCUT2D eigenvalue weighted by molar-refractivity contribution is 6.17. The summed E-state index contributed by atoms with van der Waals surface area (Å²) in [6.07, 6.45) is 2.62. The number of rotatable bonds is 3. The zero-order valence-electron chi connectivity index (χ0n) is 7.45. The molecule has 1 rings (SSSR count). The van der Waals surface area contributed by atoms with Gasteiger partial charge in [0.05, 0.1) is 12.5 Å². The molecule has 2 heteroatoms. The normalized spacial score (nSPS) is 7.77. The van der Waals surface area contributed by atoms with E-state index in [-0.39, 0.29) is 0 Å². The predicted octanol–water partition coefficient (Wildman–Crippen LogP) is 3.72. The second-order valence-electron chi connectivity index (χ2n) is 2.09. The Morgan fingerprint density at radius 3 is 1.92 bits per heavy atom. The summed E-state index contributed by atoms with van der Waals surface area (Å²) in [5.74, 6) is 0.612. The Bertz CT molecular complexity index is 225. The summed E-state index contributed by atoms with van der Waals surface area (Å²) in [5.41, 5.74) is 1.18. The van der Waals surface area contributed by atoms with E-state index >= 15 is 0 Å². The fourth-order valence-electron chi connectivity index (χ4n) is 0.635. The highest BCUT2D eigenvalue weighted by Gasteiger charge is 1.81.